The summed E-state index contributed by atoms with van der Waals surface area (Å²) in [6.45, 7) is 2.04. The van der Waals surface area contributed by atoms with Crippen LogP contribution in [0.5, 0.6) is 0 Å². The quantitative estimate of drug-likeness (QED) is 0.605. The van der Waals surface area contributed by atoms with E-state index in [0.717, 1.165) is 59.4 Å². The zero-order valence-corrected chi connectivity index (χ0v) is 19.1. The molecule has 0 saturated carbocycles. The highest BCUT2D eigenvalue weighted by molar-refractivity contribution is 7.18. The number of fused-ring (bicyclic) bond motifs is 4. The summed E-state index contributed by atoms with van der Waals surface area (Å²) in [6, 6.07) is 0. The van der Waals surface area contributed by atoms with Crippen molar-refractivity contribution in [1.82, 2.24) is 9.55 Å². The van der Waals surface area contributed by atoms with Gasteiger partial charge in [-0.05, 0) is 55.6 Å². The number of ether oxygens (including phenoxy) is 1. The van der Waals surface area contributed by atoms with Crippen molar-refractivity contribution in [3.05, 3.63) is 43.1 Å². The van der Waals surface area contributed by atoms with Crippen molar-refractivity contribution in [2.24, 2.45) is 5.92 Å². The Morgan fingerprint density at radius 2 is 2.06 bits per heavy atom. The van der Waals surface area contributed by atoms with E-state index in [1.54, 1.807) is 11.3 Å². The van der Waals surface area contributed by atoms with Gasteiger partial charge in [0.25, 0.3) is 5.56 Å². The lowest BCUT2D eigenvalue weighted by Crippen LogP contribution is -2.28. The van der Waals surface area contributed by atoms with Crippen molar-refractivity contribution in [2.75, 3.05) is 12.4 Å². The molecule has 0 radical (unpaired) electrons. The molecule has 7 nitrogen and oxygen atoms in total. The fourth-order valence-electron chi connectivity index (χ4n) is 4.61. The Balaban J connectivity index is 1.43. The van der Waals surface area contributed by atoms with E-state index in [1.165, 1.54) is 34.2 Å². The molecular weight excluding hydrogens is 434 g/mol. The molecule has 0 fully saturated rings. The zero-order valence-electron chi connectivity index (χ0n) is 17.4. The van der Waals surface area contributed by atoms with Gasteiger partial charge < -0.3 is 10.1 Å². The van der Waals surface area contributed by atoms with Crippen LogP contribution in [-0.2, 0) is 41.8 Å². The van der Waals surface area contributed by atoms with Gasteiger partial charge in [0.2, 0.25) is 5.91 Å². The minimum absolute atomic E-state index is 0.147. The molecule has 1 amide bonds. The smallest absolute Gasteiger partial charge is 0.341 e. The number of aryl methyl sites for hydroxylation is 2. The summed E-state index contributed by atoms with van der Waals surface area (Å²) in [5.74, 6) is -0.243. The molecule has 0 aromatic carbocycles. The lowest BCUT2D eigenvalue weighted by Gasteiger charge is -2.18. The SMILES string of the molecule is COC(=O)c1c(NC(=O)Cn2cnc3sc4c(c3c2=O)CCC4)sc2c1CCC(C)C2. The van der Waals surface area contributed by atoms with Crippen molar-refractivity contribution in [1.29, 1.82) is 0 Å². The molecule has 9 heteroatoms. The van der Waals surface area contributed by atoms with E-state index in [2.05, 4.69) is 17.2 Å². The second-order valence-corrected chi connectivity index (χ2v) is 10.5. The Hall–Kier alpha value is -2.52. The number of hydrogen-bond donors (Lipinski definition) is 1. The summed E-state index contributed by atoms with van der Waals surface area (Å²) in [7, 11) is 1.35. The van der Waals surface area contributed by atoms with Crippen molar-refractivity contribution in [2.45, 2.75) is 52.0 Å². The second-order valence-electron chi connectivity index (χ2n) is 8.31. The van der Waals surface area contributed by atoms with Crippen molar-refractivity contribution >= 4 is 49.8 Å². The molecule has 5 rings (SSSR count). The van der Waals surface area contributed by atoms with Gasteiger partial charge in [0.05, 0.1) is 24.4 Å². The number of carbonyl (C=O) groups is 2. The number of methoxy groups -OCH3 is 1. The van der Waals surface area contributed by atoms with Gasteiger partial charge in [-0.15, -0.1) is 22.7 Å². The maximum atomic E-state index is 13.0. The second kappa shape index (κ2) is 7.87. The van der Waals surface area contributed by atoms with Gasteiger partial charge in [-0.2, -0.15) is 0 Å². The highest BCUT2D eigenvalue weighted by Gasteiger charge is 2.29. The average molecular weight is 458 g/mol. The number of thiophene rings is 2. The van der Waals surface area contributed by atoms with Crippen molar-refractivity contribution < 1.29 is 14.3 Å². The number of aromatic nitrogens is 2. The number of esters is 1. The summed E-state index contributed by atoms with van der Waals surface area (Å²) in [6.07, 6.45) is 7.09. The maximum absolute atomic E-state index is 13.0. The van der Waals surface area contributed by atoms with Gasteiger partial charge in [-0.3, -0.25) is 14.2 Å². The molecule has 0 spiro atoms. The highest BCUT2D eigenvalue weighted by atomic mass is 32.1. The first kappa shape index (κ1) is 20.4. The molecule has 2 aliphatic rings. The van der Waals surface area contributed by atoms with E-state index >= 15 is 0 Å². The van der Waals surface area contributed by atoms with Crippen LogP contribution in [0, 0.1) is 5.92 Å². The van der Waals surface area contributed by atoms with Crippen LogP contribution in [0.2, 0.25) is 0 Å². The first-order valence-electron chi connectivity index (χ1n) is 10.5. The fraction of sp³-hybridized carbons (Fsp3) is 0.455. The van der Waals surface area contributed by atoms with E-state index < -0.39 is 5.97 Å². The third-order valence-corrected chi connectivity index (χ3v) is 8.53. The molecule has 162 valence electrons. The van der Waals surface area contributed by atoms with Gasteiger partial charge in [-0.1, -0.05) is 6.92 Å². The summed E-state index contributed by atoms with van der Waals surface area (Å²) in [5, 5.41) is 4.03. The molecule has 1 atom stereocenters. The maximum Gasteiger partial charge on any atom is 0.341 e. The monoisotopic (exact) mass is 457 g/mol. The Kier molecular flexibility index (Phi) is 5.18. The molecule has 3 heterocycles. The topological polar surface area (TPSA) is 90.3 Å². The first-order chi connectivity index (χ1) is 15.0. The van der Waals surface area contributed by atoms with Crippen LogP contribution in [0.1, 0.15) is 51.0 Å². The Morgan fingerprint density at radius 3 is 2.87 bits per heavy atom. The zero-order chi connectivity index (χ0) is 21.7. The number of nitrogens with zero attached hydrogens (tertiary/aromatic N) is 2. The Labute approximate surface area is 187 Å². The van der Waals surface area contributed by atoms with Crippen LogP contribution < -0.4 is 10.9 Å². The third-order valence-electron chi connectivity index (χ3n) is 6.16. The number of amides is 1. The number of anilines is 1. The average Bonchev–Trinajstić information content (AvgIpc) is 3.41. The van der Waals surface area contributed by atoms with Gasteiger partial charge in [0.15, 0.2) is 0 Å². The summed E-state index contributed by atoms with van der Waals surface area (Å²) < 4.78 is 6.34. The highest BCUT2D eigenvalue weighted by Crippen LogP contribution is 2.40. The Bertz CT molecular complexity index is 1270. The molecule has 1 unspecified atom stereocenters. The molecule has 0 bridgehead atoms. The molecule has 1 N–H and O–H groups in total. The van der Waals surface area contributed by atoms with Crippen LogP contribution in [0.15, 0.2) is 11.1 Å². The van der Waals surface area contributed by atoms with Crippen LogP contribution in [0.3, 0.4) is 0 Å². The molecular formula is C22H23N3O4S2. The minimum Gasteiger partial charge on any atom is -0.465 e. The first-order valence-corrected chi connectivity index (χ1v) is 12.1. The standard InChI is InChI=1S/C22H23N3O4S2/c1-11-6-7-13-15(8-11)31-20(18(13)22(28)29-2)24-16(26)9-25-10-23-19-17(21(25)27)12-4-3-5-14(12)30-19/h10-11H,3-9H2,1-2H3,(H,24,26). The largest absolute Gasteiger partial charge is 0.465 e. The predicted molar refractivity (Wildman–Crippen MR) is 121 cm³/mol. The van der Waals surface area contributed by atoms with Gasteiger partial charge >= 0.3 is 5.97 Å². The summed E-state index contributed by atoms with van der Waals surface area (Å²) >= 11 is 3.02. The lowest BCUT2D eigenvalue weighted by molar-refractivity contribution is -0.116. The van der Waals surface area contributed by atoms with Gasteiger partial charge in [0.1, 0.15) is 16.4 Å². The summed E-state index contributed by atoms with van der Waals surface area (Å²) in [5.41, 5.74) is 2.37. The van der Waals surface area contributed by atoms with E-state index in [4.69, 9.17) is 4.74 Å². The number of nitrogens with one attached hydrogen (secondary N) is 1. The molecule has 3 aromatic heterocycles. The van der Waals surface area contributed by atoms with Crippen LogP contribution in [-0.4, -0.2) is 28.5 Å². The predicted octanol–water partition coefficient (Wildman–Crippen LogP) is 3.56. The van der Waals surface area contributed by atoms with E-state index in [-0.39, 0.29) is 18.0 Å². The lowest BCUT2D eigenvalue weighted by atomic mass is 9.88. The van der Waals surface area contributed by atoms with E-state index in [9.17, 15) is 14.4 Å². The molecule has 31 heavy (non-hydrogen) atoms. The molecule has 2 aliphatic carbocycles. The summed E-state index contributed by atoms with van der Waals surface area (Å²) in [4.78, 5) is 45.8. The Morgan fingerprint density at radius 1 is 1.23 bits per heavy atom. The molecule has 3 aromatic rings. The molecule has 0 aliphatic heterocycles. The normalized spacial score (nSPS) is 17.4. The third kappa shape index (κ3) is 3.49. The molecule has 0 saturated heterocycles. The van der Waals surface area contributed by atoms with E-state index in [0.29, 0.717) is 21.9 Å². The van der Waals surface area contributed by atoms with Crippen molar-refractivity contribution in [3.63, 3.8) is 0 Å². The number of rotatable bonds is 4. The van der Waals surface area contributed by atoms with E-state index in [1.807, 2.05) is 0 Å². The van der Waals surface area contributed by atoms with Crippen LogP contribution in [0.4, 0.5) is 5.00 Å². The number of carbonyl (C=O) groups excluding carboxylic acids is 2. The van der Waals surface area contributed by atoms with Gasteiger partial charge in [-0.25, -0.2) is 9.78 Å². The fourth-order valence-corrected chi connectivity index (χ4v) is 7.24. The van der Waals surface area contributed by atoms with Crippen LogP contribution >= 0.6 is 22.7 Å². The van der Waals surface area contributed by atoms with Gasteiger partial charge in [0, 0.05) is 9.75 Å². The number of hydrogen-bond acceptors (Lipinski definition) is 7. The van der Waals surface area contributed by atoms with Crippen molar-refractivity contribution in [3.8, 4) is 0 Å². The minimum atomic E-state index is -0.434. The van der Waals surface area contributed by atoms with Crippen LogP contribution in [0.25, 0.3) is 10.2 Å².